The van der Waals surface area contributed by atoms with Crippen LogP contribution in [0.3, 0.4) is 0 Å². The molecule has 0 aliphatic rings. The molecular formula is C13H12BrN3O3S. The van der Waals surface area contributed by atoms with Gasteiger partial charge in [0.1, 0.15) is 5.69 Å². The first-order valence-electron chi connectivity index (χ1n) is 6.00. The zero-order chi connectivity index (χ0) is 15.4. The second kappa shape index (κ2) is 6.79. The van der Waals surface area contributed by atoms with Gasteiger partial charge in [-0.1, -0.05) is 0 Å². The van der Waals surface area contributed by atoms with Gasteiger partial charge in [0.25, 0.3) is 5.91 Å². The summed E-state index contributed by atoms with van der Waals surface area (Å²) in [4.78, 5) is 27.1. The van der Waals surface area contributed by atoms with Crippen LogP contribution >= 0.6 is 27.3 Å². The van der Waals surface area contributed by atoms with Gasteiger partial charge in [-0.3, -0.25) is 4.79 Å². The number of carboxylic acids is 1. The van der Waals surface area contributed by atoms with Crippen molar-refractivity contribution in [2.45, 2.75) is 6.42 Å². The van der Waals surface area contributed by atoms with Crippen LogP contribution in [0.4, 0.5) is 5.69 Å². The first-order valence-corrected chi connectivity index (χ1v) is 7.67. The van der Waals surface area contributed by atoms with Crippen molar-refractivity contribution in [1.29, 1.82) is 0 Å². The van der Waals surface area contributed by atoms with Crippen molar-refractivity contribution < 1.29 is 14.7 Å². The summed E-state index contributed by atoms with van der Waals surface area (Å²) in [5.41, 5.74) is 6.38. The Labute approximate surface area is 133 Å². The second-order valence-electron chi connectivity index (χ2n) is 4.12. The van der Waals surface area contributed by atoms with Crippen molar-refractivity contribution in [3.8, 4) is 0 Å². The normalized spacial score (nSPS) is 10.4. The van der Waals surface area contributed by atoms with E-state index in [2.05, 4.69) is 26.2 Å². The van der Waals surface area contributed by atoms with Gasteiger partial charge in [-0.2, -0.15) is 0 Å². The molecule has 1 heterocycles. The number of aromatic carboxylic acids is 1. The Morgan fingerprint density at radius 1 is 1.43 bits per heavy atom. The van der Waals surface area contributed by atoms with Crippen LogP contribution in [-0.2, 0) is 6.42 Å². The van der Waals surface area contributed by atoms with Gasteiger partial charge in [-0.25, -0.2) is 9.78 Å². The number of carbonyl (C=O) groups excluding carboxylic acids is 1. The molecule has 0 atom stereocenters. The molecule has 6 nitrogen and oxygen atoms in total. The highest BCUT2D eigenvalue weighted by Crippen LogP contribution is 2.24. The Hall–Kier alpha value is -1.77. The lowest BCUT2D eigenvalue weighted by Gasteiger charge is -2.06. The number of halogens is 1. The molecular weight excluding hydrogens is 358 g/mol. The predicted molar refractivity (Wildman–Crippen MR) is 83.9 cm³/mol. The van der Waals surface area contributed by atoms with Gasteiger partial charge >= 0.3 is 5.97 Å². The van der Waals surface area contributed by atoms with Crippen LogP contribution in [0, 0.1) is 0 Å². The smallest absolute Gasteiger partial charge is 0.335 e. The Kier molecular flexibility index (Phi) is 5.05. The molecule has 0 aliphatic heterocycles. The lowest BCUT2D eigenvalue weighted by atomic mass is 10.2. The number of hydrogen-bond donors (Lipinski definition) is 3. The molecule has 4 N–H and O–H groups in total. The van der Waals surface area contributed by atoms with Gasteiger partial charge in [0.15, 0.2) is 0 Å². The maximum atomic E-state index is 12.1. The number of benzene rings is 1. The second-order valence-corrected chi connectivity index (χ2v) is 5.92. The first kappa shape index (κ1) is 15.6. The summed E-state index contributed by atoms with van der Waals surface area (Å²) in [7, 11) is 0. The number of carboxylic acid groups (broad SMARTS) is 1. The summed E-state index contributed by atoms with van der Waals surface area (Å²) in [6, 6.07) is 4.38. The maximum absolute atomic E-state index is 12.1. The summed E-state index contributed by atoms with van der Waals surface area (Å²) < 4.78 is 0.494. The van der Waals surface area contributed by atoms with Crippen molar-refractivity contribution in [3.05, 3.63) is 44.3 Å². The van der Waals surface area contributed by atoms with Gasteiger partial charge in [-0.15, -0.1) is 11.3 Å². The molecule has 0 saturated carbocycles. The van der Waals surface area contributed by atoms with E-state index >= 15 is 0 Å². The van der Waals surface area contributed by atoms with E-state index in [9.17, 15) is 9.59 Å². The van der Waals surface area contributed by atoms with Gasteiger partial charge < -0.3 is 16.2 Å². The van der Waals surface area contributed by atoms with Crippen LogP contribution in [0.5, 0.6) is 0 Å². The lowest BCUT2D eigenvalue weighted by molar-refractivity contribution is 0.0696. The highest BCUT2D eigenvalue weighted by atomic mass is 79.9. The summed E-state index contributed by atoms with van der Waals surface area (Å²) in [6.45, 7) is 0.483. The SMILES string of the molecule is NCCc1nc(C(=O)Nc2ccc(C(=O)O)cc2Br)cs1. The monoisotopic (exact) mass is 369 g/mol. The van der Waals surface area contributed by atoms with Gasteiger partial charge in [0, 0.05) is 16.3 Å². The quantitative estimate of drug-likeness (QED) is 0.749. The number of rotatable bonds is 5. The summed E-state index contributed by atoms with van der Waals surface area (Å²) in [6.07, 6.45) is 0.634. The Morgan fingerprint density at radius 2 is 2.19 bits per heavy atom. The van der Waals surface area contributed by atoms with Crippen molar-refractivity contribution in [1.82, 2.24) is 4.98 Å². The first-order chi connectivity index (χ1) is 10.0. The molecule has 21 heavy (non-hydrogen) atoms. The topological polar surface area (TPSA) is 105 Å². The molecule has 1 aromatic carbocycles. The van der Waals surface area contributed by atoms with E-state index in [1.54, 1.807) is 5.38 Å². The minimum atomic E-state index is -1.03. The fraction of sp³-hybridized carbons (Fsp3) is 0.154. The van der Waals surface area contributed by atoms with Gasteiger partial charge in [0.2, 0.25) is 0 Å². The number of nitrogens with one attached hydrogen (secondary N) is 1. The number of nitrogens with two attached hydrogens (primary N) is 1. The van der Waals surface area contributed by atoms with E-state index < -0.39 is 5.97 Å². The summed E-state index contributed by atoms with van der Waals surface area (Å²) >= 11 is 4.62. The van der Waals surface area contributed by atoms with Crippen LogP contribution in [0.1, 0.15) is 25.9 Å². The predicted octanol–water partition coefficient (Wildman–Crippen LogP) is 2.36. The van der Waals surface area contributed by atoms with Crippen LogP contribution in [0.2, 0.25) is 0 Å². The van der Waals surface area contributed by atoms with E-state index in [1.807, 2.05) is 0 Å². The van der Waals surface area contributed by atoms with E-state index in [-0.39, 0.29) is 11.5 Å². The minimum absolute atomic E-state index is 0.138. The summed E-state index contributed by atoms with van der Waals surface area (Å²) in [5, 5.41) is 14.0. The van der Waals surface area contributed by atoms with E-state index in [0.717, 1.165) is 5.01 Å². The minimum Gasteiger partial charge on any atom is -0.478 e. The van der Waals surface area contributed by atoms with E-state index in [4.69, 9.17) is 10.8 Å². The molecule has 0 saturated heterocycles. The highest BCUT2D eigenvalue weighted by molar-refractivity contribution is 9.10. The maximum Gasteiger partial charge on any atom is 0.335 e. The molecule has 0 fully saturated rings. The fourth-order valence-electron chi connectivity index (χ4n) is 1.59. The van der Waals surface area contributed by atoms with Gasteiger partial charge in [0.05, 0.1) is 16.3 Å². The molecule has 0 spiro atoms. The molecule has 0 bridgehead atoms. The molecule has 0 aliphatic carbocycles. The van der Waals surface area contributed by atoms with Crippen molar-refractivity contribution in [3.63, 3.8) is 0 Å². The molecule has 0 radical (unpaired) electrons. The lowest BCUT2D eigenvalue weighted by Crippen LogP contribution is -2.13. The molecule has 110 valence electrons. The molecule has 1 aromatic heterocycles. The molecule has 1 amide bonds. The third-order valence-electron chi connectivity index (χ3n) is 2.61. The average Bonchev–Trinajstić information content (AvgIpc) is 2.90. The number of aromatic nitrogens is 1. The van der Waals surface area contributed by atoms with E-state index in [1.165, 1.54) is 29.5 Å². The van der Waals surface area contributed by atoms with Crippen LogP contribution in [-0.4, -0.2) is 28.5 Å². The van der Waals surface area contributed by atoms with Gasteiger partial charge in [-0.05, 0) is 40.7 Å². The molecule has 0 unspecified atom stereocenters. The molecule has 2 rings (SSSR count). The molecule has 2 aromatic rings. The third kappa shape index (κ3) is 3.87. The Balaban J connectivity index is 2.13. The molecule has 8 heteroatoms. The zero-order valence-corrected chi connectivity index (χ0v) is 13.2. The number of carbonyl (C=O) groups is 2. The highest BCUT2D eigenvalue weighted by Gasteiger charge is 2.13. The van der Waals surface area contributed by atoms with Crippen LogP contribution in [0.15, 0.2) is 28.1 Å². The number of thiazole rings is 1. The van der Waals surface area contributed by atoms with E-state index in [0.29, 0.717) is 28.8 Å². The van der Waals surface area contributed by atoms with Crippen molar-refractivity contribution >= 4 is 44.8 Å². The number of amides is 1. The fourth-order valence-corrected chi connectivity index (χ4v) is 2.86. The Morgan fingerprint density at radius 3 is 2.81 bits per heavy atom. The largest absolute Gasteiger partial charge is 0.478 e. The summed E-state index contributed by atoms with van der Waals surface area (Å²) in [5.74, 6) is -1.38. The standard InChI is InChI=1S/C13H12BrN3O3S/c14-8-5-7(13(19)20)1-2-9(8)17-12(18)10-6-21-11(16-10)3-4-15/h1-2,5-6H,3-4,15H2,(H,17,18)(H,19,20). The van der Waals surface area contributed by atoms with Crippen molar-refractivity contribution in [2.24, 2.45) is 5.73 Å². The van der Waals surface area contributed by atoms with Crippen molar-refractivity contribution in [2.75, 3.05) is 11.9 Å². The third-order valence-corrected chi connectivity index (χ3v) is 4.17. The average molecular weight is 370 g/mol. The Bertz CT molecular complexity index is 687. The number of nitrogens with zero attached hydrogens (tertiary/aromatic N) is 1. The number of anilines is 1. The zero-order valence-electron chi connectivity index (χ0n) is 10.8. The number of hydrogen-bond acceptors (Lipinski definition) is 5. The van der Waals surface area contributed by atoms with Crippen LogP contribution < -0.4 is 11.1 Å². The van der Waals surface area contributed by atoms with Crippen LogP contribution in [0.25, 0.3) is 0 Å².